The van der Waals surface area contributed by atoms with E-state index in [0.717, 1.165) is 0 Å². The number of nitrogens with zero attached hydrogens (tertiary/aromatic N) is 1. The van der Waals surface area contributed by atoms with Gasteiger partial charge < -0.3 is 14.8 Å². The molecule has 1 aromatic rings. The van der Waals surface area contributed by atoms with E-state index in [9.17, 15) is 19.7 Å². The Kier molecular flexibility index (Phi) is 6.98. The molecule has 23 heavy (non-hydrogen) atoms. The quantitative estimate of drug-likeness (QED) is 0.443. The molecule has 1 N–H and O–H groups in total. The van der Waals surface area contributed by atoms with Gasteiger partial charge in [-0.25, -0.2) is 4.79 Å². The summed E-state index contributed by atoms with van der Waals surface area (Å²) in [4.78, 5) is 33.0. The van der Waals surface area contributed by atoms with Crippen LogP contribution in [0.5, 0.6) is 5.75 Å². The van der Waals surface area contributed by atoms with Gasteiger partial charge in [-0.15, -0.1) is 0 Å². The number of nitro groups is 1. The fourth-order valence-electron chi connectivity index (χ4n) is 1.46. The lowest BCUT2D eigenvalue weighted by molar-refractivity contribution is -0.384. The van der Waals surface area contributed by atoms with Gasteiger partial charge in [-0.1, -0.05) is 13.8 Å². The maximum absolute atomic E-state index is 11.5. The van der Waals surface area contributed by atoms with Crippen molar-refractivity contribution in [3.05, 3.63) is 34.4 Å². The Labute approximate surface area is 133 Å². The number of non-ortho nitro benzene ring substituents is 1. The summed E-state index contributed by atoms with van der Waals surface area (Å²) in [5, 5.41) is 13.2. The van der Waals surface area contributed by atoms with Crippen molar-refractivity contribution in [3.63, 3.8) is 0 Å². The number of nitro benzene ring substituents is 1. The Bertz CT molecular complexity index is 556. The second-order valence-corrected chi connectivity index (χ2v) is 5.30. The van der Waals surface area contributed by atoms with Crippen LogP contribution in [0.25, 0.3) is 0 Å². The highest BCUT2D eigenvalue weighted by atomic mass is 16.6. The lowest BCUT2D eigenvalue weighted by Crippen LogP contribution is -2.39. The van der Waals surface area contributed by atoms with Crippen LogP contribution in [0.15, 0.2) is 24.3 Å². The van der Waals surface area contributed by atoms with Crippen molar-refractivity contribution in [1.82, 2.24) is 5.32 Å². The highest BCUT2D eigenvalue weighted by molar-refractivity contribution is 5.81. The zero-order valence-corrected chi connectivity index (χ0v) is 13.3. The summed E-state index contributed by atoms with van der Waals surface area (Å²) in [6, 6.07) is 5.27. The Balaban J connectivity index is 2.31. The zero-order valence-electron chi connectivity index (χ0n) is 13.3. The summed E-state index contributed by atoms with van der Waals surface area (Å²) in [7, 11) is 0. The van der Waals surface area contributed by atoms with E-state index in [1.54, 1.807) is 0 Å². The van der Waals surface area contributed by atoms with Gasteiger partial charge in [0.1, 0.15) is 5.75 Å². The van der Waals surface area contributed by atoms with Gasteiger partial charge in [0.15, 0.2) is 13.2 Å². The molecule has 0 fully saturated rings. The summed E-state index contributed by atoms with van der Waals surface area (Å²) in [6.07, 6.45) is 0. The second kappa shape index (κ2) is 8.72. The van der Waals surface area contributed by atoms with Crippen molar-refractivity contribution >= 4 is 17.6 Å². The molecule has 1 amide bonds. The van der Waals surface area contributed by atoms with Gasteiger partial charge >= 0.3 is 5.97 Å². The average Bonchev–Trinajstić information content (AvgIpc) is 2.51. The number of hydrogen-bond acceptors (Lipinski definition) is 6. The Morgan fingerprint density at radius 2 is 1.78 bits per heavy atom. The third-order valence-corrected chi connectivity index (χ3v) is 3.16. The fourth-order valence-corrected chi connectivity index (χ4v) is 1.46. The fraction of sp³-hybridized carbons (Fsp3) is 0.467. The van der Waals surface area contributed by atoms with Gasteiger partial charge in [0.05, 0.1) is 4.92 Å². The van der Waals surface area contributed by atoms with Gasteiger partial charge in [0.25, 0.3) is 11.6 Å². The topological polar surface area (TPSA) is 108 Å². The molecule has 0 saturated heterocycles. The minimum absolute atomic E-state index is 0.0161. The summed E-state index contributed by atoms with van der Waals surface area (Å²) in [5.41, 5.74) is -0.0733. The smallest absolute Gasteiger partial charge is 0.344 e. The van der Waals surface area contributed by atoms with E-state index >= 15 is 0 Å². The molecule has 0 saturated carbocycles. The van der Waals surface area contributed by atoms with Crippen LogP contribution in [-0.2, 0) is 14.3 Å². The van der Waals surface area contributed by atoms with E-state index in [-0.39, 0.29) is 36.8 Å². The summed E-state index contributed by atoms with van der Waals surface area (Å²) in [5.74, 6) is -0.504. The van der Waals surface area contributed by atoms with Crippen LogP contribution in [0.2, 0.25) is 0 Å². The van der Waals surface area contributed by atoms with Gasteiger partial charge in [-0.3, -0.25) is 14.9 Å². The van der Waals surface area contributed by atoms with Gasteiger partial charge in [0, 0.05) is 18.2 Å². The molecule has 1 aromatic carbocycles. The van der Waals surface area contributed by atoms with E-state index in [4.69, 9.17) is 9.47 Å². The van der Waals surface area contributed by atoms with Crippen LogP contribution in [-0.4, -0.2) is 36.1 Å². The Hall–Kier alpha value is -2.64. The molecule has 1 rings (SSSR count). The molecule has 0 aromatic heterocycles. The number of carbonyl (C=O) groups is 2. The van der Waals surface area contributed by atoms with Crippen molar-refractivity contribution in [1.29, 1.82) is 0 Å². The predicted molar refractivity (Wildman–Crippen MR) is 82.0 cm³/mol. The molecule has 126 valence electrons. The summed E-state index contributed by atoms with van der Waals surface area (Å²) in [6.45, 7) is 5.04. The average molecular weight is 324 g/mol. The maximum atomic E-state index is 11.5. The molecule has 8 nitrogen and oxygen atoms in total. The monoisotopic (exact) mass is 324 g/mol. The van der Waals surface area contributed by atoms with Crippen molar-refractivity contribution in [3.8, 4) is 5.75 Å². The number of hydrogen-bond donors (Lipinski definition) is 1. The second-order valence-electron chi connectivity index (χ2n) is 5.30. The molecular weight excluding hydrogens is 304 g/mol. The molecule has 1 atom stereocenters. The van der Waals surface area contributed by atoms with Crippen LogP contribution in [0.1, 0.15) is 20.8 Å². The minimum atomic E-state index is -0.698. The Morgan fingerprint density at radius 3 is 2.30 bits per heavy atom. The van der Waals surface area contributed by atoms with E-state index in [2.05, 4.69) is 5.32 Å². The number of esters is 1. The van der Waals surface area contributed by atoms with E-state index < -0.39 is 10.9 Å². The van der Waals surface area contributed by atoms with E-state index in [1.165, 1.54) is 24.3 Å². The predicted octanol–water partition coefficient (Wildman–Crippen LogP) is 1.68. The number of carbonyl (C=O) groups excluding carboxylic acids is 2. The molecular formula is C15H20N2O6. The van der Waals surface area contributed by atoms with E-state index in [1.807, 2.05) is 20.8 Å². The van der Waals surface area contributed by atoms with Crippen LogP contribution in [0.4, 0.5) is 5.69 Å². The Morgan fingerprint density at radius 1 is 1.17 bits per heavy atom. The highest BCUT2D eigenvalue weighted by Gasteiger charge is 2.13. The van der Waals surface area contributed by atoms with Crippen LogP contribution < -0.4 is 10.1 Å². The first-order valence-electron chi connectivity index (χ1n) is 7.12. The number of amides is 1. The number of ether oxygens (including phenoxy) is 2. The number of rotatable bonds is 8. The first-order valence-corrected chi connectivity index (χ1v) is 7.12. The molecule has 0 heterocycles. The number of nitrogens with one attached hydrogen (secondary N) is 1. The maximum Gasteiger partial charge on any atom is 0.344 e. The minimum Gasteiger partial charge on any atom is -0.482 e. The van der Waals surface area contributed by atoms with Gasteiger partial charge in [-0.05, 0) is 25.0 Å². The molecule has 0 aliphatic heterocycles. The lowest BCUT2D eigenvalue weighted by Gasteiger charge is -2.17. The van der Waals surface area contributed by atoms with Crippen LogP contribution in [0.3, 0.4) is 0 Å². The first-order chi connectivity index (χ1) is 10.8. The third-order valence-electron chi connectivity index (χ3n) is 3.16. The van der Waals surface area contributed by atoms with E-state index in [0.29, 0.717) is 5.75 Å². The molecule has 0 aliphatic rings. The SMILES string of the molecule is CC(C)[C@@H](C)NC(=O)COC(=O)COc1ccc([N+](=O)[O-])cc1. The molecule has 0 radical (unpaired) electrons. The van der Waals surface area contributed by atoms with Gasteiger partial charge in [-0.2, -0.15) is 0 Å². The van der Waals surface area contributed by atoms with Crippen molar-refractivity contribution in [2.24, 2.45) is 5.92 Å². The largest absolute Gasteiger partial charge is 0.482 e. The number of benzene rings is 1. The van der Waals surface area contributed by atoms with Crippen molar-refractivity contribution in [2.45, 2.75) is 26.8 Å². The summed E-state index contributed by atoms with van der Waals surface area (Å²) < 4.78 is 9.91. The molecule has 8 heteroatoms. The van der Waals surface area contributed by atoms with Crippen molar-refractivity contribution in [2.75, 3.05) is 13.2 Å². The molecule has 0 aliphatic carbocycles. The van der Waals surface area contributed by atoms with Crippen LogP contribution >= 0.6 is 0 Å². The first kappa shape index (κ1) is 18.4. The zero-order chi connectivity index (χ0) is 17.4. The van der Waals surface area contributed by atoms with Gasteiger partial charge in [0.2, 0.25) is 0 Å². The lowest BCUT2D eigenvalue weighted by atomic mass is 10.1. The third kappa shape index (κ3) is 6.77. The van der Waals surface area contributed by atoms with Crippen LogP contribution in [0, 0.1) is 16.0 Å². The standard InChI is InChI=1S/C15H20N2O6/c1-10(2)11(3)16-14(18)8-23-15(19)9-22-13-6-4-12(5-7-13)17(20)21/h4-7,10-11H,8-9H2,1-3H3,(H,16,18)/t11-/m1/s1. The molecule has 0 spiro atoms. The van der Waals surface area contributed by atoms with Crippen molar-refractivity contribution < 1.29 is 24.0 Å². The highest BCUT2D eigenvalue weighted by Crippen LogP contribution is 2.17. The normalized spacial score (nSPS) is 11.7. The molecule has 0 unspecified atom stereocenters. The molecule has 0 bridgehead atoms. The summed E-state index contributed by atoms with van der Waals surface area (Å²) >= 11 is 0.